The van der Waals surface area contributed by atoms with Crippen molar-refractivity contribution in [3.63, 3.8) is 0 Å². The van der Waals surface area contributed by atoms with Crippen molar-refractivity contribution in [2.75, 3.05) is 12.5 Å². The van der Waals surface area contributed by atoms with Gasteiger partial charge in [0.2, 0.25) is 0 Å². The first-order chi connectivity index (χ1) is 7.74. The highest BCUT2D eigenvalue weighted by molar-refractivity contribution is 6.22. The first-order valence-electron chi connectivity index (χ1n) is 5.16. The Balaban J connectivity index is 2.26. The lowest BCUT2D eigenvalue weighted by Crippen LogP contribution is -2.10. The summed E-state index contributed by atoms with van der Waals surface area (Å²) in [6.45, 7) is 0.332. The number of hydrogen-bond acceptors (Lipinski definition) is 2. The lowest BCUT2D eigenvalue weighted by molar-refractivity contribution is 0.0499. The summed E-state index contributed by atoms with van der Waals surface area (Å²) in [6.07, 6.45) is 1.36. The molecule has 2 nitrogen and oxygen atoms in total. The Labute approximate surface area is 106 Å². The van der Waals surface area contributed by atoms with Crippen LogP contribution in [0.15, 0.2) is 30.3 Å². The Morgan fingerprint density at radius 2 is 1.94 bits per heavy atom. The highest BCUT2D eigenvalue weighted by atomic mass is 35.5. The van der Waals surface area contributed by atoms with Crippen LogP contribution < -0.4 is 0 Å². The van der Waals surface area contributed by atoms with Crippen molar-refractivity contribution in [2.45, 2.75) is 18.2 Å². The van der Waals surface area contributed by atoms with Gasteiger partial charge in [-0.25, -0.2) is 4.79 Å². The zero-order valence-corrected chi connectivity index (χ0v) is 10.4. The standard InChI is InChI=1S/C12H14Cl2O2/c13-8-6-11(14)7-9-16-12(15)10-4-2-1-3-5-10/h1-5,11H,6-9H2. The Hall–Kier alpha value is -0.730. The number of rotatable bonds is 6. The summed E-state index contributed by atoms with van der Waals surface area (Å²) in [4.78, 5) is 11.5. The van der Waals surface area contributed by atoms with Crippen LogP contribution >= 0.6 is 23.2 Å². The highest BCUT2D eigenvalue weighted by Gasteiger charge is 2.08. The van der Waals surface area contributed by atoms with Crippen LogP contribution in [0.1, 0.15) is 23.2 Å². The predicted molar refractivity (Wildman–Crippen MR) is 66.3 cm³/mol. The molecule has 0 radical (unpaired) electrons. The van der Waals surface area contributed by atoms with E-state index in [1.165, 1.54) is 0 Å². The average Bonchev–Trinajstić information content (AvgIpc) is 2.30. The fraction of sp³-hybridized carbons (Fsp3) is 0.417. The van der Waals surface area contributed by atoms with Crippen LogP contribution in [0, 0.1) is 0 Å². The summed E-state index contributed by atoms with van der Waals surface area (Å²) in [6, 6.07) is 8.90. The minimum Gasteiger partial charge on any atom is -0.462 e. The molecule has 88 valence electrons. The monoisotopic (exact) mass is 260 g/mol. The Morgan fingerprint density at radius 3 is 2.56 bits per heavy atom. The average molecular weight is 261 g/mol. The van der Waals surface area contributed by atoms with Gasteiger partial charge in [0.15, 0.2) is 0 Å². The normalized spacial score (nSPS) is 12.1. The fourth-order valence-electron chi connectivity index (χ4n) is 1.20. The highest BCUT2D eigenvalue weighted by Crippen LogP contribution is 2.09. The number of benzene rings is 1. The molecule has 0 aliphatic carbocycles. The molecule has 0 aliphatic rings. The molecule has 0 fully saturated rings. The second-order valence-electron chi connectivity index (χ2n) is 3.37. The minimum absolute atomic E-state index is 0.0268. The maximum atomic E-state index is 11.5. The van der Waals surface area contributed by atoms with Gasteiger partial charge in [-0.3, -0.25) is 0 Å². The second-order valence-corrected chi connectivity index (χ2v) is 4.36. The molecule has 1 aromatic carbocycles. The predicted octanol–water partition coefficient (Wildman–Crippen LogP) is 3.47. The molecule has 4 heteroatoms. The van der Waals surface area contributed by atoms with E-state index in [4.69, 9.17) is 27.9 Å². The summed E-state index contributed by atoms with van der Waals surface area (Å²) in [5.41, 5.74) is 0.561. The van der Waals surface area contributed by atoms with E-state index in [-0.39, 0.29) is 11.3 Å². The summed E-state index contributed by atoms with van der Waals surface area (Å²) in [5.74, 6) is 0.219. The van der Waals surface area contributed by atoms with Crippen molar-refractivity contribution in [1.82, 2.24) is 0 Å². The van der Waals surface area contributed by atoms with E-state index in [9.17, 15) is 4.79 Å². The van der Waals surface area contributed by atoms with Crippen molar-refractivity contribution < 1.29 is 9.53 Å². The number of alkyl halides is 2. The number of esters is 1. The number of carbonyl (C=O) groups excluding carboxylic acids is 1. The van der Waals surface area contributed by atoms with Crippen molar-refractivity contribution in [3.05, 3.63) is 35.9 Å². The van der Waals surface area contributed by atoms with Crippen LogP contribution in [0.3, 0.4) is 0 Å². The third-order valence-corrected chi connectivity index (χ3v) is 2.75. The SMILES string of the molecule is O=C(OCCC(Cl)CCCl)c1ccccc1. The van der Waals surface area contributed by atoms with Gasteiger partial charge in [-0.2, -0.15) is 0 Å². The molecular formula is C12H14Cl2O2. The molecule has 16 heavy (non-hydrogen) atoms. The molecule has 0 N–H and O–H groups in total. The van der Waals surface area contributed by atoms with E-state index in [1.807, 2.05) is 6.07 Å². The quantitative estimate of drug-likeness (QED) is 0.579. The molecular weight excluding hydrogens is 247 g/mol. The molecule has 0 saturated carbocycles. The first-order valence-corrected chi connectivity index (χ1v) is 6.13. The number of carbonyl (C=O) groups is 1. The van der Waals surface area contributed by atoms with Gasteiger partial charge in [0.05, 0.1) is 12.2 Å². The van der Waals surface area contributed by atoms with E-state index < -0.39 is 0 Å². The van der Waals surface area contributed by atoms with Crippen LogP contribution in [0.5, 0.6) is 0 Å². The summed E-state index contributed by atoms with van der Waals surface area (Å²) in [5, 5.41) is -0.0268. The molecule has 0 aromatic heterocycles. The first kappa shape index (κ1) is 13.3. The van der Waals surface area contributed by atoms with Gasteiger partial charge in [-0.1, -0.05) is 18.2 Å². The molecule has 0 bridgehead atoms. The molecule has 1 unspecified atom stereocenters. The van der Waals surface area contributed by atoms with Gasteiger partial charge >= 0.3 is 5.97 Å². The van der Waals surface area contributed by atoms with Crippen molar-refractivity contribution in [3.8, 4) is 0 Å². The zero-order chi connectivity index (χ0) is 11.8. The van der Waals surface area contributed by atoms with Gasteiger partial charge in [0.1, 0.15) is 0 Å². The van der Waals surface area contributed by atoms with E-state index in [1.54, 1.807) is 24.3 Å². The van der Waals surface area contributed by atoms with Crippen LogP contribution in [0.2, 0.25) is 0 Å². The van der Waals surface area contributed by atoms with Crippen LogP contribution in [-0.4, -0.2) is 23.8 Å². The van der Waals surface area contributed by atoms with Crippen LogP contribution in [0.4, 0.5) is 0 Å². The maximum absolute atomic E-state index is 11.5. The molecule has 0 saturated heterocycles. The van der Waals surface area contributed by atoms with E-state index in [0.29, 0.717) is 24.5 Å². The molecule has 1 atom stereocenters. The summed E-state index contributed by atoms with van der Waals surface area (Å²) in [7, 11) is 0. The molecule has 1 aromatic rings. The van der Waals surface area contributed by atoms with Gasteiger partial charge in [0.25, 0.3) is 0 Å². The lowest BCUT2D eigenvalue weighted by Gasteiger charge is -2.08. The molecule has 0 spiro atoms. The third kappa shape index (κ3) is 4.86. The molecule has 1 rings (SSSR count). The third-order valence-electron chi connectivity index (χ3n) is 2.10. The van der Waals surface area contributed by atoms with E-state index in [2.05, 4.69) is 0 Å². The molecule has 0 aliphatic heterocycles. The molecule has 0 heterocycles. The van der Waals surface area contributed by atoms with Gasteiger partial charge in [-0.15, -0.1) is 23.2 Å². The summed E-state index contributed by atoms with van der Waals surface area (Å²) < 4.78 is 5.08. The second kappa shape index (κ2) is 7.53. The Kier molecular flexibility index (Phi) is 6.27. The van der Waals surface area contributed by atoms with Crippen LogP contribution in [-0.2, 0) is 4.74 Å². The largest absolute Gasteiger partial charge is 0.462 e. The minimum atomic E-state index is -0.310. The van der Waals surface area contributed by atoms with Crippen LogP contribution in [0.25, 0.3) is 0 Å². The number of hydrogen-bond donors (Lipinski definition) is 0. The van der Waals surface area contributed by atoms with Crippen molar-refractivity contribution in [2.24, 2.45) is 0 Å². The van der Waals surface area contributed by atoms with E-state index >= 15 is 0 Å². The van der Waals surface area contributed by atoms with Gasteiger partial charge in [0, 0.05) is 11.3 Å². The Morgan fingerprint density at radius 1 is 1.25 bits per heavy atom. The maximum Gasteiger partial charge on any atom is 0.338 e. The zero-order valence-electron chi connectivity index (χ0n) is 8.86. The molecule has 0 amide bonds. The summed E-state index contributed by atoms with van der Waals surface area (Å²) >= 11 is 11.5. The smallest absolute Gasteiger partial charge is 0.338 e. The van der Waals surface area contributed by atoms with E-state index in [0.717, 1.165) is 6.42 Å². The number of ether oxygens (including phenoxy) is 1. The Bertz CT molecular complexity index is 314. The van der Waals surface area contributed by atoms with Crippen molar-refractivity contribution in [1.29, 1.82) is 0 Å². The van der Waals surface area contributed by atoms with Gasteiger partial charge < -0.3 is 4.74 Å². The van der Waals surface area contributed by atoms with Crippen molar-refractivity contribution >= 4 is 29.2 Å². The lowest BCUT2D eigenvalue weighted by atomic mass is 10.2. The topological polar surface area (TPSA) is 26.3 Å². The van der Waals surface area contributed by atoms with Gasteiger partial charge in [-0.05, 0) is 25.0 Å². The number of halogens is 2. The fourth-order valence-corrected chi connectivity index (χ4v) is 1.77.